The summed E-state index contributed by atoms with van der Waals surface area (Å²) in [5.74, 6) is 1.31. The molecule has 3 aromatic rings. The molecule has 2 heterocycles. The zero-order chi connectivity index (χ0) is 31.4. The molecule has 0 bridgehead atoms. The summed E-state index contributed by atoms with van der Waals surface area (Å²) in [6, 6.07) is 20.9. The zero-order valence-corrected chi connectivity index (χ0v) is 27.7. The number of hydrogen-bond donors (Lipinski definition) is 0. The van der Waals surface area contributed by atoms with E-state index >= 15 is 0 Å². The first-order chi connectivity index (χ1) is 21.1. The van der Waals surface area contributed by atoms with Crippen molar-refractivity contribution in [1.29, 1.82) is 0 Å². The molecule has 1 fully saturated rings. The quantitative estimate of drug-likeness (QED) is 0.255. The molecule has 0 radical (unpaired) electrons. The van der Waals surface area contributed by atoms with Gasteiger partial charge in [-0.15, -0.1) is 0 Å². The van der Waals surface area contributed by atoms with Crippen LogP contribution in [0.5, 0.6) is 5.75 Å². The Morgan fingerprint density at radius 3 is 2.09 bits per heavy atom. The molecule has 2 aliphatic rings. The number of nitrogens with zero attached hydrogens (tertiary/aromatic N) is 4. The van der Waals surface area contributed by atoms with Gasteiger partial charge in [0.1, 0.15) is 17.6 Å². The number of carbonyl (C=O) groups is 1. The minimum absolute atomic E-state index is 0.0719. The van der Waals surface area contributed by atoms with Crippen LogP contribution in [-0.2, 0) is 10.2 Å². The van der Waals surface area contributed by atoms with Gasteiger partial charge >= 0.3 is 6.03 Å². The second-order valence-electron chi connectivity index (χ2n) is 12.3. The highest BCUT2D eigenvalue weighted by Crippen LogP contribution is 2.46. The van der Waals surface area contributed by atoms with Crippen molar-refractivity contribution in [3.8, 4) is 5.75 Å². The Bertz CT molecular complexity index is 1460. The standard InChI is InChI=1S/C35H42Cl2N4O3/c1-6-44-30-23-26(35(2,3)4)11-16-29(30)33-38-31(24-7-12-27(36)13-8-24)32(25-9-14-28(37)15-10-25)41(33)34(42)40-19-17-39(18-20-40)21-22-43-5/h7-16,23,31-32H,6,17-22H2,1-5H3/t31-,32+/m0/s1. The first-order valence-electron chi connectivity index (χ1n) is 15.3. The molecule has 1 saturated heterocycles. The Morgan fingerprint density at radius 2 is 1.52 bits per heavy atom. The van der Waals surface area contributed by atoms with Gasteiger partial charge in [0.25, 0.3) is 0 Å². The summed E-state index contributed by atoms with van der Waals surface area (Å²) in [5, 5.41) is 1.28. The van der Waals surface area contributed by atoms with Crippen molar-refractivity contribution in [2.45, 2.75) is 45.2 Å². The molecule has 0 N–H and O–H groups in total. The third-order valence-corrected chi connectivity index (χ3v) is 8.84. The summed E-state index contributed by atoms with van der Waals surface area (Å²) < 4.78 is 11.5. The van der Waals surface area contributed by atoms with Crippen LogP contribution < -0.4 is 4.74 Å². The maximum Gasteiger partial charge on any atom is 0.326 e. The van der Waals surface area contributed by atoms with E-state index < -0.39 is 6.04 Å². The molecular weight excluding hydrogens is 595 g/mol. The van der Waals surface area contributed by atoms with Crippen LogP contribution >= 0.6 is 23.2 Å². The van der Waals surface area contributed by atoms with Crippen LogP contribution in [-0.4, -0.2) is 79.6 Å². The number of urea groups is 1. The number of benzene rings is 3. The van der Waals surface area contributed by atoms with Crippen molar-refractivity contribution in [1.82, 2.24) is 14.7 Å². The SMILES string of the molecule is CCOc1cc(C(C)(C)C)ccc1C1=N[C@@H](c2ccc(Cl)cc2)[C@@H](c2ccc(Cl)cc2)N1C(=O)N1CCN(CCOC)CC1. The van der Waals surface area contributed by atoms with E-state index in [2.05, 4.69) is 43.9 Å². The summed E-state index contributed by atoms with van der Waals surface area (Å²) in [4.78, 5) is 26.2. The van der Waals surface area contributed by atoms with Crippen LogP contribution in [0.15, 0.2) is 71.7 Å². The predicted octanol–water partition coefficient (Wildman–Crippen LogP) is 7.62. The van der Waals surface area contributed by atoms with Gasteiger partial charge in [-0.05, 0) is 65.4 Å². The second kappa shape index (κ2) is 13.9. The number of ether oxygens (including phenoxy) is 2. The molecule has 2 amide bonds. The third kappa shape index (κ3) is 7.07. The van der Waals surface area contributed by atoms with Crippen molar-refractivity contribution < 1.29 is 14.3 Å². The summed E-state index contributed by atoms with van der Waals surface area (Å²) in [7, 11) is 1.71. The Kier molecular flexibility index (Phi) is 10.2. The van der Waals surface area contributed by atoms with Crippen molar-refractivity contribution in [2.24, 2.45) is 4.99 Å². The van der Waals surface area contributed by atoms with Gasteiger partial charge in [-0.25, -0.2) is 4.79 Å². The lowest BCUT2D eigenvalue weighted by Crippen LogP contribution is -2.54. The molecule has 0 saturated carbocycles. The normalized spacial score (nSPS) is 19.3. The number of halogens is 2. The molecule has 234 valence electrons. The van der Waals surface area contributed by atoms with Gasteiger partial charge in [-0.2, -0.15) is 0 Å². The third-order valence-electron chi connectivity index (χ3n) is 8.34. The minimum atomic E-state index is -0.403. The molecule has 2 atom stereocenters. The van der Waals surface area contributed by atoms with E-state index in [4.69, 9.17) is 37.7 Å². The molecule has 7 nitrogen and oxygen atoms in total. The predicted molar refractivity (Wildman–Crippen MR) is 178 cm³/mol. The summed E-state index contributed by atoms with van der Waals surface area (Å²) in [5.41, 5.74) is 3.79. The topological polar surface area (TPSA) is 57.6 Å². The number of aliphatic imine (C=N–C) groups is 1. The molecule has 5 rings (SSSR count). The number of methoxy groups -OCH3 is 1. The lowest BCUT2D eigenvalue weighted by molar-refractivity contribution is 0.0963. The number of hydrogen-bond acceptors (Lipinski definition) is 5. The van der Waals surface area contributed by atoms with Crippen LogP contribution in [0.4, 0.5) is 4.79 Å². The number of piperazine rings is 1. The van der Waals surface area contributed by atoms with Crippen LogP contribution in [0.2, 0.25) is 10.0 Å². The molecular formula is C35H42Cl2N4O3. The highest BCUT2D eigenvalue weighted by molar-refractivity contribution is 6.30. The lowest BCUT2D eigenvalue weighted by atomic mass is 9.86. The number of amides is 2. The van der Waals surface area contributed by atoms with E-state index in [0.29, 0.717) is 47.9 Å². The molecule has 44 heavy (non-hydrogen) atoms. The smallest absolute Gasteiger partial charge is 0.326 e. The first kappa shape index (κ1) is 32.3. The fourth-order valence-electron chi connectivity index (χ4n) is 5.84. The Labute approximate surface area is 271 Å². The van der Waals surface area contributed by atoms with Gasteiger partial charge in [0.15, 0.2) is 0 Å². The van der Waals surface area contributed by atoms with E-state index in [1.165, 1.54) is 0 Å². The van der Waals surface area contributed by atoms with Gasteiger partial charge in [-0.1, -0.05) is 74.3 Å². The molecule has 3 aromatic carbocycles. The highest BCUT2D eigenvalue weighted by Gasteiger charge is 2.45. The van der Waals surface area contributed by atoms with Gasteiger partial charge < -0.3 is 14.4 Å². The van der Waals surface area contributed by atoms with Crippen LogP contribution in [0, 0.1) is 0 Å². The fraction of sp³-hybridized carbons (Fsp3) is 0.429. The van der Waals surface area contributed by atoms with E-state index in [9.17, 15) is 4.79 Å². The molecule has 0 unspecified atom stereocenters. The van der Waals surface area contributed by atoms with Crippen molar-refractivity contribution in [3.05, 3.63) is 99.0 Å². The summed E-state index contributed by atoms with van der Waals surface area (Å²) >= 11 is 12.6. The number of carbonyl (C=O) groups excluding carboxylic acids is 1. The van der Waals surface area contributed by atoms with E-state index in [-0.39, 0.29) is 17.5 Å². The highest BCUT2D eigenvalue weighted by atomic mass is 35.5. The maximum atomic E-state index is 14.7. The van der Waals surface area contributed by atoms with Crippen LogP contribution in [0.25, 0.3) is 0 Å². The number of rotatable bonds is 8. The Hall–Kier alpha value is -3.10. The minimum Gasteiger partial charge on any atom is -0.493 e. The van der Waals surface area contributed by atoms with Crippen LogP contribution in [0.3, 0.4) is 0 Å². The maximum absolute atomic E-state index is 14.7. The zero-order valence-electron chi connectivity index (χ0n) is 26.2. The van der Waals surface area contributed by atoms with Gasteiger partial charge in [0, 0.05) is 49.9 Å². The first-order valence-corrected chi connectivity index (χ1v) is 16.0. The van der Waals surface area contributed by atoms with Gasteiger partial charge in [0.05, 0.1) is 24.8 Å². The summed E-state index contributed by atoms with van der Waals surface area (Å²) in [6.07, 6.45) is 0. The van der Waals surface area contributed by atoms with Gasteiger partial charge in [-0.3, -0.25) is 14.8 Å². The van der Waals surface area contributed by atoms with Crippen LogP contribution in [0.1, 0.15) is 62.0 Å². The largest absolute Gasteiger partial charge is 0.493 e. The molecule has 0 spiro atoms. The van der Waals surface area contributed by atoms with E-state index in [0.717, 1.165) is 41.9 Å². The van der Waals surface area contributed by atoms with Crippen molar-refractivity contribution >= 4 is 35.1 Å². The monoisotopic (exact) mass is 636 g/mol. The summed E-state index contributed by atoms with van der Waals surface area (Å²) in [6.45, 7) is 13.3. The van der Waals surface area contributed by atoms with E-state index in [1.54, 1.807) is 7.11 Å². The van der Waals surface area contributed by atoms with Crippen molar-refractivity contribution in [2.75, 3.05) is 53.0 Å². The fourth-order valence-corrected chi connectivity index (χ4v) is 6.09. The van der Waals surface area contributed by atoms with E-state index in [1.807, 2.05) is 65.3 Å². The average molecular weight is 638 g/mol. The Balaban J connectivity index is 1.63. The Morgan fingerprint density at radius 1 is 0.909 bits per heavy atom. The molecule has 9 heteroatoms. The lowest BCUT2D eigenvalue weighted by Gasteiger charge is -2.39. The molecule has 2 aliphatic heterocycles. The average Bonchev–Trinajstić information content (AvgIpc) is 3.40. The van der Waals surface area contributed by atoms with Gasteiger partial charge in [0.2, 0.25) is 0 Å². The molecule has 0 aliphatic carbocycles. The van der Waals surface area contributed by atoms with Crippen molar-refractivity contribution in [3.63, 3.8) is 0 Å². The second-order valence-corrected chi connectivity index (χ2v) is 13.2. The molecule has 0 aromatic heterocycles. The number of amidine groups is 1.